The number of hydrogen-bond acceptors (Lipinski definition) is 3. The molecule has 0 unspecified atom stereocenters. The molecule has 0 aliphatic heterocycles. The fourth-order valence-electron chi connectivity index (χ4n) is 2.68. The molecular weight excluding hydrogens is 307 g/mol. The second-order valence-corrected chi connectivity index (χ2v) is 6.25. The smallest absolute Gasteiger partial charge is 0.315 e. The van der Waals surface area contributed by atoms with Crippen LogP contribution in [0.3, 0.4) is 0 Å². The molecule has 6 heteroatoms. The second kappa shape index (κ2) is 6.86. The van der Waals surface area contributed by atoms with Crippen molar-refractivity contribution in [3.05, 3.63) is 59.5 Å². The van der Waals surface area contributed by atoms with Crippen LogP contribution >= 0.6 is 0 Å². The zero-order valence-electron chi connectivity index (χ0n) is 13.8. The fraction of sp³-hybridized carbons (Fsp3) is 0.333. The van der Waals surface area contributed by atoms with E-state index < -0.39 is 0 Å². The minimum absolute atomic E-state index is 0.0709. The van der Waals surface area contributed by atoms with Crippen LogP contribution < -0.4 is 15.5 Å². The van der Waals surface area contributed by atoms with E-state index in [1.165, 1.54) is 12.1 Å². The Labute approximate surface area is 140 Å². The van der Waals surface area contributed by atoms with Gasteiger partial charge in [0.15, 0.2) is 0 Å². The van der Waals surface area contributed by atoms with Crippen LogP contribution in [-0.2, 0) is 6.54 Å². The van der Waals surface area contributed by atoms with Crippen LogP contribution in [0.1, 0.15) is 23.5 Å². The third kappa shape index (κ3) is 4.01. The summed E-state index contributed by atoms with van der Waals surface area (Å²) in [6, 6.07) is 10.2. The topological polar surface area (TPSA) is 57.3 Å². The number of carbonyl (C=O) groups excluding carboxylic acids is 1. The second-order valence-electron chi connectivity index (χ2n) is 6.25. The Morgan fingerprint density at radius 3 is 2.92 bits per heavy atom. The summed E-state index contributed by atoms with van der Waals surface area (Å²) in [6.45, 7) is 0.437. The van der Waals surface area contributed by atoms with E-state index in [9.17, 15) is 9.18 Å². The van der Waals surface area contributed by atoms with Gasteiger partial charge in [-0.3, -0.25) is 0 Å². The zero-order chi connectivity index (χ0) is 17.1. The summed E-state index contributed by atoms with van der Waals surface area (Å²) in [5, 5.41) is 5.78. The highest BCUT2D eigenvalue weighted by atomic mass is 19.1. The molecule has 1 aromatic heterocycles. The van der Waals surface area contributed by atoms with Gasteiger partial charge in [0.2, 0.25) is 0 Å². The minimum Gasteiger partial charge on any atom is -0.363 e. The highest BCUT2D eigenvalue weighted by Gasteiger charge is 2.39. The summed E-state index contributed by atoms with van der Waals surface area (Å²) in [5.74, 6) is 0.813. The van der Waals surface area contributed by atoms with Gasteiger partial charge in [-0.1, -0.05) is 12.1 Å². The maximum absolute atomic E-state index is 13.2. The number of hydrogen-bond donors (Lipinski definition) is 2. The maximum atomic E-state index is 13.2. The van der Waals surface area contributed by atoms with Gasteiger partial charge < -0.3 is 15.5 Å². The van der Waals surface area contributed by atoms with Crippen molar-refractivity contribution in [3.8, 4) is 0 Å². The molecule has 0 radical (unpaired) electrons. The number of halogens is 1. The van der Waals surface area contributed by atoms with Gasteiger partial charge >= 0.3 is 6.03 Å². The highest BCUT2D eigenvalue weighted by Crippen LogP contribution is 2.40. The summed E-state index contributed by atoms with van der Waals surface area (Å²) in [5.41, 5.74) is 1.92. The average Bonchev–Trinajstić information content (AvgIpc) is 3.32. The number of pyridine rings is 1. The first-order valence-corrected chi connectivity index (χ1v) is 7.95. The SMILES string of the molecule is CN(C)c1cc(CNC(=O)N[C@@H]2C[C@H]2c2cccc(F)c2)ccn1. The predicted octanol–water partition coefficient (Wildman–Crippen LogP) is 2.64. The lowest BCUT2D eigenvalue weighted by atomic mass is 10.1. The Kier molecular flexibility index (Phi) is 4.64. The number of amides is 2. The van der Waals surface area contributed by atoms with E-state index in [1.807, 2.05) is 37.2 Å². The van der Waals surface area contributed by atoms with Crippen LogP contribution in [-0.4, -0.2) is 31.2 Å². The van der Waals surface area contributed by atoms with E-state index in [4.69, 9.17) is 0 Å². The molecule has 24 heavy (non-hydrogen) atoms. The Morgan fingerprint density at radius 2 is 2.17 bits per heavy atom. The number of rotatable bonds is 5. The molecule has 1 aromatic carbocycles. The number of urea groups is 1. The van der Waals surface area contributed by atoms with Gasteiger partial charge in [0.25, 0.3) is 0 Å². The van der Waals surface area contributed by atoms with E-state index >= 15 is 0 Å². The summed E-state index contributed by atoms with van der Waals surface area (Å²) >= 11 is 0. The Bertz CT molecular complexity index is 734. The largest absolute Gasteiger partial charge is 0.363 e. The predicted molar refractivity (Wildman–Crippen MR) is 91.5 cm³/mol. The molecule has 5 nitrogen and oxygen atoms in total. The van der Waals surface area contributed by atoms with E-state index in [0.717, 1.165) is 23.4 Å². The van der Waals surface area contributed by atoms with Gasteiger partial charge in [0.1, 0.15) is 11.6 Å². The molecular formula is C18H21FN4O. The van der Waals surface area contributed by atoms with Crippen molar-refractivity contribution in [1.82, 2.24) is 15.6 Å². The Hall–Kier alpha value is -2.63. The molecule has 2 atom stereocenters. The molecule has 0 spiro atoms. The van der Waals surface area contributed by atoms with Crippen molar-refractivity contribution in [1.29, 1.82) is 0 Å². The van der Waals surface area contributed by atoms with Crippen molar-refractivity contribution in [3.63, 3.8) is 0 Å². The molecule has 1 saturated carbocycles. The van der Waals surface area contributed by atoms with Crippen LogP contribution in [0.5, 0.6) is 0 Å². The van der Waals surface area contributed by atoms with Crippen molar-refractivity contribution in [2.75, 3.05) is 19.0 Å². The molecule has 2 aromatic rings. The van der Waals surface area contributed by atoms with Crippen LogP contribution in [0.2, 0.25) is 0 Å². The Morgan fingerprint density at radius 1 is 1.33 bits per heavy atom. The number of benzene rings is 1. The highest BCUT2D eigenvalue weighted by molar-refractivity contribution is 5.75. The first kappa shape index (κ1) is 16.2. The van der Waals surface area contributed by atoms with Crippen LogP contribution in [0, 0.1) is 5.82 Å². The molecule has 1 aliphatic carbocycles. The van der Waals surface area contributed by atoms with Gasteiger partial charge in [0.05, 0.1) is 0 Å². The normalized spacial score (nSPS) is 18.8. The number of aromatic nitrogens is 1. The summed E-state index contributed by atoms with van der Waals surface area (Å²) in [4.78, 5) is 18.2. The molecule has 2 N–H and O–H groups in total. The van der Waals surface area contributed by atoms with Crippen molar-refractivity contribution < 1.29 is 9.18 Å². The molecule has 0 bridgehead atoms. The number of carbonyl (C=O) groups is 1. The standard InChI is InChI=1S/C18H21FN4O/c1-23(2)17-8-12(6-7-20-17)11-21-18(24)22-16-10-15(16)13-4-3-5-14(19)9-13/h3-9,15-16H,10-11H2,1-2H3,(H2,21,22,24)/t15-,16+/m0/s1. The first-order valence-electron chi connectivity index (χ1n) is 7.95. The van der Waals surface area contributed by atoms with Crippen LogP contribution in [0.15, 0.2) is 42.6 Å². The summed E-state index contributed by atoms with van der Waals surface area (Å²) < 4.78 is 13.2. The van der Waals surface area contributed by atoms with Crippen molar-refractivity contribution in [2.24, 2.45) is 0 Å². The van der Waals surface area contributed by atoms with Crippen LogP contribution in [0.4, 0.5) is 15.0 Å². The molecule has 1 fully saturated rings. The zero-order valence-corrected chi connectivity index (χ0v) is 13.8. The molecule has 1 heterocycles. The fourth-order valence-corrected chi connectivity index (χ4v) is 2.68. The van der Waals surface area contributed by atoms with Gasteiger partial charge in [-0.15, -0.1) is 0 Å². The monoisotopic (exact) mass is 328 g/mol. The number of anilines is 1. The van der Waals surface area contributed by atoms with E-state index in [-0.39, 0.29) is 23.8 Å². The van der Waals surface area contributed by atoms with E-state index in [2.05, 4.69) is 15.6 Å². The Balaban J connectivity index is 1.48. The molecule has 126 valence electrons. The molecule has 0 saturated heterocycles. The van der Waals surface area contributed by atoms with E-state index in [1.54, 1.807) is 12.3 Å². The average molecular weight is 328 g/mol. The first-order chi connectivity index (χ1) is 11.5. The molecule has 2 amide bonds. The van der Waals surface area contributed by atoms with Gasteiger partial charge in [-0.05, 0) is 41.8 Å². The van der Waals surface area contributed by atoms with E-state index in [0.29, 0.717) is 6.54 Å². The molecule has 1 aliphatic rings. The van der Waals surface area contributed by atoms with Crippen molar-refractivity contribution >= 4 is 11.8 Å². The maximum Gasteiger partial charge on any atom is 0.315 e. The minimum atomic E-state index is -0.239. The number of nitrogens with one attached hydrogen (secondary N) is 2. The summed E-state index contributed by atoms with van der Waals surface area (Å²) in [6.07, 6.45) is 2.57. The lowest BCUT2D eigenvalue weighted by Gasteiger charge is -2.13. The van der Waals surface area contributed by atoms with Gasteiger partial charge in [-0.2, -0.15) is 0 Å². The third-order valence-corrected chi connectivity index (χ3v) is 4.10. The van der Waals surface area contributed by atoms with Crippen LogP contribution in [0.25, 0.3) is 0 Å². The van der Waals surface area contributed by atoms with Gasteiger partial charge in [0, 0.05) is 38.8 Å². The third-order valence-electron chi connectivity index (χ3n) is 4.10. The number of nitrogens with zero attached hydrogens (tertiary/aromatic N) is 2. The quantitative estimate of drug-likeness (QED) is 0.887. The molecule has 3 rings (SSSR count). The van der Waals surface area contributed by atoms with Crippen molar-refractivity contribution in [2.45, 2.75) is 24.9 Å². The lowest BCUT2D eigenvalue weighted by Crippen LogP contribution is -2.36. The van der Waals surface area contributed by atoms with Gasteiger partial charge in [-0.25, -0.2) is 14.2 Å². The lowest BCUT2D eigenvalue weighted by molar-refractivity contribution is 0.240. The summed E-state index contributed by atoms with van der Waals surface area (Å²) in [7, 11) is 3.85.